The summed E-state index contributed by atoms with van der Waals surface area (Å²) in [5.74, 6) is -0.0350. The lowest BCUT2D eigenvalue weighted by Crippen LogP contribution is -2.36. The van der Waals surface area contributed by atoms with E-state index < -0.39 is 5.95 Å². The number of aromatic nitrogens is 3. The average Bonchev–Trinajstić information content (AvgIpc) is 2.80. The number of nitrogens with one attached hydrogen (secondary N) is 2. The SMILES string of the molecule is CC1(C)C[C@H](CNc2nc(-c3cc(CC(=O)[C@@H]4CCCNC4)ncc3Cl)cnc2F)CCO1. The Balaban J connectivity index is 1.48. The van der Waals surface area contributed by atoms with Gasteiger partial charge in [0.25, 0.3) is 5.95 Å². The van der Waals surface area contributed by atoms with E-state index in [1.165, 1.54) is 12.4 Å². The first-order valence-electron chi connectivity index (χ1n) is 11.6. The fourth-order valence-electron chi connectivity index (χ4n) is 4.61. The molecule has 0 aromatic carbocycles. The van der Waals surface area contributed by atoms with E-state index in [4.69, 9.17) is 16.3 Å². The molecule has 2 atom stereocenters. The standard InChI is InChI=1S/C24H31ClFN5O2/c1-24(2)10-15(5-7-33-24)11-30-23-22(26)29-14-20(31-23)18-8-17(28-13-19(18)25)9-21(32)16-4-3-6-27-12-16/h8,13-16,27H,3-7,9-12H2,1-2H3,(H,30,31)/t15-,16-/m1/s1. The quantitative estimate of drug-likeness (QED) is 0.624. The van der Waals surface area contributed by atoms with Crippen LogP contribution in [0.3, 0.4) is 0 Å². The molecule has 0 amide bonds. The molecule has 4 heterocycles. The summed E-state index contributed by atoms with van der Waals surface area (Å²) >= 11 is 6.39. The highest BCUT2D eigenvalue weighted by Crippen LogP contribution is 2.30. The Hall–Kier alpha value is -2.16. The minimum atomic E-state index is -0.657. The number of ether oxygens (including phenoxy) is 1. The fraction of sp³-hybridized carbons (Fsp3) is 0.583. The molecule has 7 nitrogen and oxygen atoms in total. The Labute approximate surface area is 198 Å². The molecule has 0 unspecified atom stereocenters. The largest absolute Gasteiger partial charge is 0.376 e. The van der Waals surface area contributed by atoms with Crippen LogP contribution in [0.1, 0.15) is 45.2 Å². The fourth-order valence-corrected chi connectivity index (χ4v) is 4.81. The molecule has 0 saturated carbocycles. The third-order valence-corrected chi connectivity index (χ3v) is 6.68. The van der Waals surface area contributed by atoms with Crippen molar-refractivity contribution < 1.29 is 13.9 Å². The van der Waals surface area contributed by atoms with Gasteiger partial charge >= 0.3 is 0 Å². The van der Waals surface area contributed by atoms with Crippen molar-refractivity contribution in [2.75, 3.05) is 31.6 Å². The van der Waals surface area contributed by atoms with Gasteiger partial charge in [0.1, 0.15) is 5.78 Å². The maximum Gasteiger partial charge on any atom is 0.255 e. The summed E-state index contributed by atoms with van der Waals surface area (Å²) in [6.07, 6.45) is 6.80. The summed E-state index contributed by atoms with van der Waals surface area (Å²) < 4.78 is 20.2. The summed E-state index contributed by atoms with van der Waals surface area (Å²) in [5, 5.41) is 6.76. The number of nitrogens with zero attached hydrogens (tertiary/aromatic N) is 3. The van der Waals surface area contributed by atoms with Crippen molar-refractivity contribution in [3.05, 3.63) is 35.1 Å². The van der Waals surface area contributed by atoms with Crippen molar-refractivity contribution >= 4 is 23.2 Å². The zero-order chi connectivity index (χ0) is 23.4. The number of carbonyl (C=O) groups excluding carboxylic acids is 1. The minimum absolute atomic E-state index is 0.0104. The van der Waals surface area contributed by atoms with E-state index in [-0.39, 0.29) is 29.5 Å². The smallest absolute Gasteiger partial charge is 0.255 e. The van der Waals surface area contributed by atoms with Gasteiger partial charge < -0.3 is 15.4 Å². The molecule has 0 aliphatic carbocycles. The second-order valence-corrected chi connectivity index (χ2v) is 9.99. The zero-order valence-corrected chi connectivity index (χ0v) is 19.9. The molecular weight excluding hydrogens is 445 g/mol. The molecule has 2 aliphatic rings. The number of Topliss-reactive ketones (excluding diaryl/α,β-unsaturated/α-hetero) is 1. The Kier molecular flexibility index (Phi) is 7.56. The molecule has 33 heavy (non-hydrogen) atoms. The molecule has 2 saturated heterocycles. The monoisotopic (exact) mass is 475 g/mol. The lowest BCUT2D eigenvalue weighted by molar-refractivity contribution is -0.122. The zero-order valence-electron chi connectivity index (χ0n) is 19.2. The molecule has 2 N–H and O–H groups in total. The van der Waals surface area contributed by atoms with Crippen molar-refractivity contribution in [3.8, 4) is 11.3 Å². The Morgan fingerprint density at radius 1 is 1.33 bits per heavy atom. The normalized spacial score (nSPS) is 22.7. The lowest BCUT2D eigenvalue weighted by Gasteiger charge is -2.35. The van der Waals surface area contributed by atoms with Gasteiger partial charge in [-0.25, -0.2) is 9.97 Å². The van der Waals surface area contributed by atoms with Crippen LogP contribution in [0.2, 0.25) is 5.02 Å². The van der Waals surface area contributed by atoms with Crippen LogP contribution in [-0.2, 0) is 16.0 Å². The van der Waals surface area contributed by atoms with E-state index in [9.17, 15) is 9.18 Å². The number of rotatable bonds is 7. The first-order chi connectivity index (χ1) is 15.8. The molecule has 0 bridgehead atoms. The molecule has 2 aromatic rings. The van der Waals surface area contributed by atoms with Gasteiger partial charge in [-0.1, -0.05) is 11.6 Å². The van der Waals surface area contributed by atoms with Crippen molar-refractivity contribution in [3.63, 3.8) is 0 Å². The van der Waals surface area contributed by atoms with E-state index in [1.54, 1.807) is 6.07 Å². The first-order valence-corrected chi connectivity index (χ1v) is 12.0. The third-order valence-electron chi connectivity index (χ3n) is 6.38. The van der Waals surface area contributed by atoms with E-state index in [0.29, 0.717) is 47.6 Å². The first kappa shape index (κ1) is 24.0. The topological polar surface area (TPSA) is 89.0 Å². The Morgan fingerprint density at radius 3 is 2.94 bits per heavy atom. The summed E-state index contributed by atoms with van der Waals surface area (Å²) in [5.41, 5.74) is 1.46. The van der Waals surface area contributed by atoms with E-state index in [1.807, 2.05) is 0 Å². The number of hydrogen-bond donors (Lipinski definition) is 2. The summed E-state index contributed by atoms with van der Waals surface area (Å²) in [4.78, 5) is 25.3. The van der Waals surface area contributed by atoms with Crippen LogP contribution in [0.25, 0.3) is 11.3 Å². The number of carbonyl (C=O) groups is 1. The second-order valence-electron chi connectivity index (χ2n) is 9.58. The van der Waals surface area contributed by atoms with Crippen LogP contribution in [0.4, 0.5) is 10.2 Å². The van der Waals surface area contributed by atoms with Gasteiger partial charge in [0, 0.05) is 49.5 Å². The maximum absolute atomic E-state index is 14.4. The third kappa shape index (κ3) is 6.25. The van der Waals surface area contributed by atoms with Crippen molar-refractivity contribution in [2.45, 2.75) is 51.6 Å². The number of pyridine rings is 1. The van der Waals surface area contributed by atoms with Gasteiger partial charge in [-0.15, -0.1) is 0 Å². The number of ketones is 1. The van der Waals surface area contributed by atoms with Crippen molar-refractivity contribution in [2.24, 2.45) is 11.8 Å². The molecule has 2 aliphatic heterocycles. The van der Waals surface area contributed by atoms with Crippen LogP contribution in [0.15, 0.2) is 18.5 Å². The highest BCUT2D eigenvalue weighted by Gasteiger charge is 2.29. The summed E-state index contributed by atoms with van der Waals surface area (Å²) in [6, 6.07) is 1.75. The average molecular weight is 476 g/mol. The predicted molar refractivity (Wildman–Crippen MR) is 126 cm³/mol. The van der Waals surface area contributed by atoms with Crippen LogP contribution in [0, 0.1) is 17.8 Å². The van der Waals surface area contributed by atoms with Gasteiger partial charge in [0.05, 0.1) is 22.5 Å². The van der Waals surface area contributed by atoms with Gasteiger partial charge in [-0.3, -0.25) is 9.78 Å². The summed E-state index contributed by atoms with van der Waals surface area (Å²) in [7, 11) is 0. The van der Waals surface area contributed by atoms with Crippen molar-refractivity contribution in [1.82, 2.24) is 20.3 Å². The number of piperidine rings is 1. The highest BCUT2D eigenvalue weighted by molar-refractivity contribution is 6.33. The maximum atomic E-state index is 14.4. The highest BCUT2D eigenvalue weighted by atomic mass is 35.5. The van der Waals surface area contributed by atoms with Crippen LogP contribution in [0.5, 0.6) is 0 Å². The molecule has 0 spiro atoms. The summed E-state index contributed by atoms with van der Waals surface area (Å²) in [6.45, 7) is 7.08. The number of halogens is 2. The van der Waals surface area contributed by atoms with Crippen LogP contribution >= 0.6 is 11.6 Å². The van der Waals surface area contributed by atoms with Crippen molar-refractivity contribution in [1.29, 1.82) is 0 Å². The van der Waals surface area contributed by atoms with E-state index >= 15 is 0 Å². The molecule has 4 rings (SSSR count). The Morgan fingerprint density at radius 2 is 2.18 bits per heavy atom. The van der Waals surface area contributed by atoms with E-state index in [2.05, 4.69) is 39.4 Å². The molecule has 0 radical (unpaired) electrons. The lowest BCUT2D eigenvalue weighted by atomic mass is 9.88. The Bertz CT molecular complexity index is 997. The molecule has 9 heteroatoms. The predicted octanol–water partition coefficient (Wildman–Crippen LogP) is 4.06. The minimum Gasteiger partial charge on any atom is -0.376 e. The van der Waals surface area contributed by atoms with Crippen LogP contribution < -0.4 is 10.6 Å². The van der Waals surface area contributed by atoms with Gasteiger partial charge in [-0.2, -0.15) is 4.39 Å². The second kappa shape index (κ2) is 10.4. The molecule has 2 fully saturated rings. The molecule has 2 aromatic heterocycles. The molecular formula is C24H31ClFN5O2. The number of anilines is 1. The number of hydrogen-bond acceptors (Lipinski definition) is 7. The van der Waals surface area contributed by atoms with Gasteiger partial charge in [0.15, 0.2) is 5.82 Å². The van der Waals surface area contributed by atoms with Gasteiger partial charge in [0.2, 0.25) is 0 Å². The van der Waals surface area contributed by atoms with E-state index in [0.717, 1.165) is 32.2 Å². The molecule has 178 valence electrons. The van der Waals surface area contributed by atoms with Crippen LogP contribution in [-0.4, -0.2) is 52.6 Å². The van der Waals surface area contributed by atoms with Gasteiger partial charge in [-0.05, 0) is 58.1 Å².